The molecule has 272 valence electrons. The molecule has 6 aromatic rings. The monoisotopic (exact) mass is 745 g/mol. The number of carbonyl (C=O) groups is 1. The molecule has 1 aliphatic heterocycles. The summed E-state index contributed by atoms with van der Waals surface area (Å²) in [5.41, 5.74) is 9.42. The standard InChI is InChI=1S/C43H35N7O4S/c1-43(2,28-44)38-22-31(21-37(24-38)34-14-7-16-36(23-34)40(51)32-11-4-3-5-12-32)27-50-42(47-29-48-50)41-46-18-9-19-49(41)26-30-10-6-13-33(20-30)35-15-8-17-39(25-35)54-55(45,52)53/h3-8,10-25,29H,26-27H2,1-2H3,(H2,45,52,53). The molecule has 0 atom stereocenters. The van der Waals surface area contributed by atoms with Gasteiger partial charge in [-0.2, -0.15) is 23.9 Å². The Morgan fingerprint density at radius 3 is 2.27 bits per heavy atom. The van der Waals surface area contributed by atoms with Crippen LogP contribution in [0.5, 0.6) is 5.75 Å². The molecule has 0 spiro atoms. The maximum absolute atomic E-state index is 13.3. The highest BCUT2D eigenvalue weighted by Gasteiger charge is 2.24. The summed E-state index contributed by atoms with van der Waals surface area (Å²) in [5, 5.41) is 19.8. The van der Waals surface area contributed by atoms with Gasteiger partial charge in [0.1, 0.15) is 12.1 Å². The lowest BCUT2D eigenvalue weighted by Crippen LogP contribution is -2.30. The first-order chi connectivity index (χ1) is 26.5. The van der Waals surface area contributed by atoms with Crippen LogP contribution in [0.25, 0.3) is 22.3 Å². The summed E-state index contributed by atoms with van der Waals surface area (Å²) in [5.74, 6) is 1.13. The number of nitrogens with two attached hydrogens (primary N) is 1. The normalized spacial score (nSPS) is 12.6. The minimum atomic E-state index is -4.16. The summed E-state index contributed by atoms with van der Waals surface area (Å²) >= 11 is 0. The number of hydrogen-bond acceptors (Lipinski definition) is 9. The average Bonchev–Trinajstić information content (AvgIpc) is 3.65. The van der Waals surface area contributed by atoms with Crippen molar-refractivity contribution in [3.8, 4) is 34.1 Å². The summed E-state index contributed by atoms with van der Waals surface area (Å²) in [4.78, 5) is 24.5. The number of amidine groups is 1. The zero-order valence-electron chi connectivity index (χ0n) is 30.0. The van der Waals surface area contributed by atoms with E-state index in [9.17, 15) is 18.5 Å². The van der Waals surface area contributed by atoms with Gasteiger partial charge in [-0.05, 0) is 89.2 Å². The van der Waals surface area contributed by atoms with Crippen LogP contribution in [-0.4, -0.2) is 39.7 Å². The molecule has 1 aromatic heterocycles. The lowest BCUT2D eigenvalue weighted by Gasteiger charge is -2.23. The molecule has 0 aliphatic carbocycles. The van der Waals surface area contributed by atoms with Gasteiger partial charge in [0, 0.05) is 17.7 Å². The molecule has 0 saturated heterocycles. The summed E-state index contributed by atoms with van der Waals surface area (Å²) in [6.07, 6.45) is 4.86. The number of ketones is 1. The van der Waals surface area contributed by atoms with Crippen molar-refractivity contribution in [2.24, 2.45) is 10.1 Å². The van der Waals surface area contributed by atoms with Gasteiger partial charge in [0.25, 0.3) is 0 Å². The SMILES string of the molecule is CC(C)(C#N)c1cc(Cn2ncnc2C2=NC=C=CN2Cc2cccc(-c3cccc(OS(N)(=O)=O)c3)c2)cc(-c2cccc(C(=O)c3ccccc3)c2)c1. The Morgan fingerprint density at radius 2 is 1.51 bits per heavy atom. The molecule has 0 fully saturated rings. The van der Waals surface area contributed by atoms with Crippen LogP contribution in [0, 0.1) is 11.3 Å². The predicted octanol–water partition coefficient (Wildman–Crippen LogP) is 7.16. The fraction of sp³-hybridized carbons (Fsp3) is 0.116. The highest BCUT2D eigenvalue weighted by Crippen LogP contribution is 2.31. The first kappa shape index (κ1) is 36.5. The van der Waals surface area contributed by atoms with E-state index in [4.69, 9.17) is 9.32 Å². The minimum absolute atomic E-state index is 0.0694. The molecule has 0 amide bonds. The van der Waals surface area contributed by atoms with Gasteiger partial charge in [-0.25, -0.2) is 14.7 Å². The molecule has 11 nitrogen and oxygen atoms in total. The van der Waals surface area contributed by atoms with Gasteiger partial charge in [-0.1, -0.05) is 90.7 Å². The number of aliphatic imine (C=N–C) groups is 1. The Labute approximate surface area is 319 Å². The van der Waals surface area contributed by atoms with E-state index in [1.165, 1.54) is 12.4 Å². The highest BCUT2D eigenvalue weighted by atomic mass is 32.2. The third kappa shape index (κ3) is 8.51. The Bertz CT molecular complexity index is 2670. The molecule has 0 radical (unpaired) electrons. The molecule has 55 heavy (non-hydrogen) atoms. The quantitative estimate of drug-likeness (QED) is 0.102. The van der Waals surface area contributed by atoms with Crippen molar-refractivity contribution in [3.05, 3.63) is 179 Å². The molecule has 1 aliphatic rings. The second-order valence-corrected chi connectivity index (χ2v) is 14.6. The maximum Gasteiger partial charge on any atom is 0.380 e. The largest absolute Gasteiger partial charge is 0.380 e. The Hall–Kier alpha value is -6.90. The first-order valence-corrected chi connectivity index (χ1v) is 18.7. The fourth-order valence-corrected chi connectivity index (χ4v) is 6.64. The third-order valence-corrected chi connectivity index (χ3v) is 9.48. The van der Waals surface area contributed by atoms with Crippen molar-refractivity contribution in [1.82, 2.24) is 19.7 Å². The molecule has 2 heterocycles. The van der Waals surface area contributed by atoms with Crippen molar-refractivity contribution in [2.45, 2.75) is 32.4 Å². The smallest absolute Gasteiger partial charge is 0.371 e. The van der Waals surface area contributed by atoms with E-state index in [1.807, 2.05) is 110 Å². The molecule has 12 heteroatoms. The Morgan fingerprint density at radius 1 is 0.818 bits per heavy atom. The van der Waals surface area contributed by atoms with Crippen molar-refractivity contribution in [3.63, 3.8) is 0 Å². The zero-order chi connectivity index (χ0) is 38.6. The number of aromatic nitrogens is 3. The maximum atomic E-state index is 13.3. The number of carbonyl (C=O) groups excluding carboxylic acids is 1. The molecule has 0 bridgehead atoms. The Balaban J connectivity index is 1.17. The van der Waals surface area contributed by atoms with Crippen molar-refractivity contribution in [2.75, 3.05) is 0 Å². The molecule has 5 aromatic carbocycles. The molecule has 7 rings (SSSR count). The van der Waals surface area contributed by atoms with Crippen LogP contribution >= 0.6 is 0 Å². The summed E-state index contributed by atoms with van der Waals surface area (Å²) in [7, 11) is -4.16. The Kier molecular flexibility index (Phi) is 10.1. The molecule has 0 saturated carbocycles. The number of rotatable bonds is 12. The van der Waals surface area contributed by atoms with Gasteiger partial charge in [0.2, 0.25) is 0 Å². The van der Waals surface area contributed by atoms with Crippen molar-refractivity contribution >= 4 is 21.9 Å². The van der Waals surface area contributed by atoms with E-state index in [2.05, 4.69) is 26.9 Å². The van der Waals surface area contributed by atoms with Crippen LogP contribution in [0.15, 0.2) is 151 Å². The van der Waals surface area contributed by atoms with E-state index < -0.39 is 15.7 Å². The third-order valence-electron chi connectivity index (χ3n) is 9.06. The van der Waals surface area contributed by atoms with Crippen LogP contribution in [0.1, 0.15) is 52.3 Å². The lowest BCUT2D eigenvalue weighted by atomic mass is 9.83. The number of hydrogen-bond donors (Lipinski definition) is 1. The van der Waals surface area contributed by atoms with E-state index in [1.54, 1.807) is 41.3 Å². The van der Waals surface area contributed by atoms with Gasteiger partial charge in [0.15, 0.2) is 17.4 Å². The summed E-state index contributed by atoms with van der Waals surface area (Å²) in [6.45, 7) is 4.50. The first-order valence-electron chi connectivity index (χ1n) is 17.3. The second kappa shape index (κ2) is 15.2. The lowest BCUT2D eigenvalue weighted by molar-refractivity contribution is 0.103. The van der Waals surface area contributed by atoms with Crippen LogP contribution in [0.2, 0.25) is 0 Å². The topological polar surface area (TPSA) is 157 Å². The second-order valence-electron chi connectivity index (χ2n) is 13.5. The highest BCUT2D eigenvalue weighted by molar-refractivity contribution is 7.84. The van der Waals surface area contributed by atoms with E-state index in [0.717, 1.165) is 38.9 Å². The van der Waals surface area contributed by atoms with E-state index in [0.29, 0.717) is 35.9 Å². The predicted molar refractivity (Wildman–Crippen MR) is 210 cm³/mol. The van der Waals surface area contributed by atoms with Gasteiger partial charge in [-0.15, -0.1) is 0 Å². The van der Waals surface area contributed by atoms with Gasteiger partial charge in [-0.3, -0.25) is 4.79 Å². The van der Waals surface area contributed by atoms with E-state index in [-0.39, 0.29) is 11.5 Å². The van der Waals surface area contributed by atoms with Gasteiger partial charge in [0.05, 0.1) is 30.4 Å². The van der Waals surface area contributed by atoms with Crippen LogP contribution in [0.4, 0.5) is 0 Å². The van der Waals surface area contributed by atoms with Crippen molar-refractivity contribution < 1.29 is 17.4 Å². The van der Waals surface area contributed by atoms with Gasteiger partial charge < -0.3 is 9.08 Å². The fourth-order valence-electron chi connectivity index (χ4n) is 6.27. The molecule has 0 unspecified atom stereocenters. The summed E-state index contributed by atoms with van der Waals surface area (Å²) < 4.78 is 29.6. The van der Waals surface area contributed by atoms with Crippen molar-refractivity contribution in [1.29, 1.82) is 5.26 Å². The number of nitriles is 1. The van der Waals surface area contributed by atoms with E-state index >= 15 is 0 Å². The number of nitrogens with zero attached hydrogens (tertiary/aromatic N) is 6. The van der Waals surface area contributed by atoms with Crippen LogP contribution < -0.4 is 9.32 Å². The summed E-state index contributed by atoms with van der Waals surface area (Å²) in [6, 6.07) is 39.7. The molecular formula is C43H35N7O4S. The van der Waals surface area contributed by atoms with Gasteiger partial charge >= 0.3 is 10.3 Å². The van der Waals surface area contributed by atoms with Crippen LogP contribution in [0.3, 0.4) is 0 Å². The molecule has 2 N–H and O–H groups in total. The van der Waals surface area contributed by atoms with Crippen LogP contribution in [-0.2, 0) is 28.8 Å². The molecular weight excluding hydrogens is 711 g/mol. The average molecular weight is 746 g/mol. The zero-order valence-corrected chi connectivity index (χ0v) is 30.8. The minimum Gasteiger partial charge on any atom is -0.371 e. The number of benzene rings is 5.